The Morgan fingerprint density at radius 3 is 2.35 bits per heavy atom. The van der Waals surface area contributed by atoms with E-state index >= 15 is 0 Å². The van der Waals surface area contributed by atoms with Gasteiger partial charge >= 0.3 is 0 Å². The van der Waals surface area contributed by atoms with Crippen molar-refractivity contribution in [1.82, 2.24) is 0 Å². The van der Waals surface area contributed by atoms with E-state index in [4.69, 9.17) is 45.1 Å². The summed E-state index contributed by atoms with van der Waals surface area (Å²) in [5, 5.41) is 0.575. The van der Waals surface area contributed by atoms with Crippen LogP contribution < -0.4 is 21.9 Å². The van der Waals surface area contributed by atoms with E-state index in [0.717, 1.165) is 0 Å². The molecule has 0 saturated heterocycles. The van der Waals surface area contributed by atoms with E-state index in [2.05, 4.69) is 0 Å². The molecule has 0 radical (unpaired) electrons. The molecule has 0 fully saturated rings. The number of hydrogen-bond acceptors (Lipinski definition) is 4. The van der Waals surface area contributed by atoms with Crippen LogP contribution in [0.25, 0.3) is 0 Å². The molecular weight excluding hydrogens is 301 g/mol. The maximum Gasteiger partial charge on any atom is 0.252 e. The SMILES string of the molecule is NC(=O)c1cc(N)ccc1Oc1cc(N)c(Cl)cc1Cl. The van der Waals surface area contributed by atoms with Gasteiger partial charge in [0.2, 0.25) is 0 Å². The Morgan fingerprint density at radius 2 is 1.70 bits per heavy atom. The van der Waals surface area contributed by atoms with Gasteiger partial charge in [-0.25, -0.2) is 0 Å². The normalized spacial score (nSPS) is 10.3. The van der Waals surface area contributed by atoms with Crippen molar-refractivity contribution in [3.8, 4) is 11.5 Å². The third-order valence-corrected chi connectivity index (χ3v) is 3.16. The van der Waals surface area contributed by atoms with Crippen LogP contribution in [0.2, 0.25) is 10.0 Å². The van der Waals surface area contributed by atoms with Crippen LogP contribution in [0.3, 0.4) is 0 Å². The van der Waals surface area contributed by atoms with Crippen molar-refractivity contribution in [3.05, 3.63) is 45.9 Å². The van der Waals surface area contributed by atoms with Crippen LogP contribution in [0.1, 0.15) is 10.4 Å². The summed E-state index contributed by atoms with van der Waals surface area (Å²) in [6.45, 7) is 0. The number of carbonyl (C=O) groups excluding carboxylic acids is 1. The summed E-state index contributed by atoms with van der Waals surface area (Å²) in [4.78, 5) is 11.4. The summed E-state index contributed by atoms with van der Waals surface area (Å²) >= 11 is 11.8. The smallest absolute Gasteiger partial charge is 0.252 e. The fourth-order valence-electron chi connectivity index (χ4n) is 1.57. The highest BCUT2D eigenvalue weighted by atomic mass is 35.5. The summed E-state index contributed by atoms with van der Waals surface area (Å²) in [6, 6.07) is 7.44. The average Bonchev–Trinajstić information content (AvgIpc) is 2.37. The zero-order chi connectivity index (χ0) is 14.9. The third-order valence-electron chi connectivity index (χ3n) is 2.54. The highest BCUT2D eigenvalue weighted by Crippen LogP contribution is 2.36. The van der Waals surface area contributed by atoms with Gasteiger partial charge in [0.15, 0.2) is 0 Å². The van der Waals surface area contributed by atoms with Crippen molar-refractivity contribution in [2.75, 3.05) is 11.5 Å². The molecular formula is C13H11Cl2N3O2. The molecule has 5 nitrogen and oxygen atoms in total. The molecule has 0 saturated carbocycles. The van der Waals surface area contributed by atoms with Crippen molar-refractivity contribution in [2.45, 2.75) is 0 Å². The summed E-state index contributed by atoms with van der Waals surface area (Å²) < 4.78 is 5.57. The first-order valence-electron chi connectivity index (χ1n) is 5.50. The molecule has 0 unspecified atom stereocenters. The molecule has 2 aromatic rings. The van der Waals surface area contributed by atoms with Gasteiger partial charge in [-0.05, 0) is 24.3 Å². The van der Waals surface area contributed by atoms with E-state index in [1.165, 1.54) is 24.3 Å². The van der Waals surface area contributed by atoms with Gasteiger partial charge in [0.05, 0.1) is 21.3 Å². The first-order valence-corrected chi connectivity index (χ1v) is 6.26. The lowest BCUT2D eigenvalue weighted by Crippen LogP contribution is -2.12. The minimum absolute atomic E-state index is 0.148. The summed E-state index contributed by atoms with van der Waals surface area (Å²) in [5.41, 5.74) is 17.4. The van der Waals surface area contributed by atoms with E-state index in [0.29, 0.717) is 16.4 Å². The van der Waals surface area contributed by atoms with E-state index in [9.17, 15) is 4.79 Å². The molecule has 0 heterocycles. The molecule has 20 heavy (non-hydrogen) atoms. The topological polar surface area (TPSA) is 104 Å². The van der Waals surface area contributed by atoms with Gasteiger partial charge < -0.3 is 21.9 Å². The van der Waals surface area contributed by atoms with Gasteiger partial charge in [0, 0.05) is 11.8 Å². The Kier molecular flexibility index (Phi) is 3.92. The molecule has 0 aliphatic heterocycles. The molecule has 0 aliphatic carbocycles. The summed E-state index contributed by atoms with van der Waals surface area (Å²) in [5.74, 6) is -0.165. The molecule has 0 aromatic heterocycles. The molecule has 0 bridgehead atoms. The Labute approximate surface area is 125 Å². The Bertz CT molecular complexity index is 690. The fraction of sp³-hybridized carbons (Fsp3) is 0. The van der Waals surface area contributed by atoms with Gasteiger partial charge in [0.1, 0.15) is 11.5 Å². The van der Waals surface area contributed by atoms with Gasteiger partial charge in [-0.2, -0.15) is 0 Å². The predicted octanol–water partition coefficient (Wildman–Crippen LogP) is 3.05. The number of halogens is 2. The van der Waals surface area contributed by atoms with Crippen molar-refractivity contribution >= 4 is 40.5 Å². The van der Waals surface area contributed by atoms with Crippen LogP contribution in [0.5, 0.6) is 11.5 Å². The Hall–Kier alpha value is -2.11. The third kappa shape index (κ3) is 2.89. The van der Waals surface area contributed by atoms with Crippen molar-refractivity contribution in [1.29, 1.82) is 0 Å². The predicted molar refractivity (Wildman–Crippen MR) is 80.3 cm³/mol. The van der Waals surface area contributed by atoms with Crippen molar-refractivity contribution in [2.24, 2.45) is 5.73 Å². The van der Waals surface area contributed by atoms with Crippen LogP contribution in [0.15, 0.2) is 30.3 Å². The van der Waals surface area contributed by atoms with Gasteiger partial charge in [-0.3, -0.25) is 4.79 Å². The number of hydrogen-bond donors (Lipinski definition) is 3. The van der Waals surface area contributed by atoms with Gasteiger partial charge in [0.25, 0.3) is 5.91 Å². The maximum absolute atomic E-state index is 11.4. The molecule has 2 aromatic carbocycles. The average molecular weight is 312 g/mol. The lowest BCUT2D eigenvalue weighted by atomic mass is 10.1. The van der Waals surface area contributed by atoms with E-state index in [-0.39, 0.29) is 22.1 Å². The summed E-state index contributed by atoms with van der Waals surface area (Å²) in [7, 11) is 0. The van der Waals surface area contributed by atoms with Gasteiger partial charge in [-0.15, -0.1) is 0 Å². The molecule has 104 valence electrons. The zero-order valence-electron chi connectivity index (χ0n) is 10.2. The van der Waals surface area contributed by atoms with E-state index < -0.39 is 5.91 Å². The second-order valence-electron chi connectivity index (χ2n) is 4.03. The number of rotatable bonds is 3. The van der Waals surface area contributed by atoms with Crippen molar-refractivity contribution < 1.29 is 9.53 Å². The van der Waals surface area contributed by atoms with E-state index in [1.54, 1.807) is 6.07 Å². The number of nitrogens with two attached hydrogens (primary N) is 3. The molecule has 2 rings (SSSR count). The minimum Gasteiger partial charge on any atom is -0.455 e. The molecule has 1 amide bonds. The first kappa shape index (κ1) is 14.3. The number of carbonyl (C=O) groups is 1. The van der Waals surface area contributed by atoms with Crippen LogP contribution in [-0.2, 0) is 0 Å². The number of benzene rings is 2. The number of nitrogen functional groups attached to an aromatic ring is 2. The number of amides is 1. The summed E-state index contributed by atoms with van der Waals surface area (Å²) in [6.07, 6.45) is 0. The van der Waals surface area contributed by atoms with E-state index in [1.807, 2.05) is 0 Å². The minimum atomic E-state index is -0.662. The standard InChI is InChI=1S/C13H11Cl2N3O2/c14-8-4-9(15)12(5-10(8)17)20-11-2-1-6(16)3-7(11)13(18)19/h1-5H,16-17H2,(H2,18,19). The quantitative estimate of drug-likeness (QED) is 0.757. The second kappa shape index (κ2) is 5.48. The van der Waals surface area contributed by atoms with Crippen LogP contribution in [0.4, 0.5) is 11.4 Å². The highest BCUT2D eigenvalue weighted by molar-refractivity contribution is 6.37. The molecule has 0 aliphatic rings. The molecule has 7 heteroatoms. The molecule has 0 atom stereocenters. The number of anilines is 2. The number of primary amides is 1. The van der Waals surface area contributed by atoms with Gasteiger partial charge in [-0.1, -0.05) is 23.2 Å². The lowest BCUT2D eigenvalue weighted by Gasteiger charge is -2.12. The van der Waals surface area contributed by atoms with Crippen molar-refractivity contribution in [3.63, 3.8) is 0 Å². The highest BCUT2D eigenvalue weighted by Gasteiger charge is 2.13. The Morgan fingerprint density at radius 1 is 1.00 bits per heavy atom. The molecule has 0 spiro atoms. The van der Waals surface area contributed by atoms with Crippen LogP contribution >= 0.6 is 23.2 Å². The first-order chi connectivity index (χ1) is 9.38. The fourth-order valence-corrected chi connectivity index (χ4v) is 1.99. The second-order valence-corrected chi connectivity index (χ2v) is 4.84. The monoisotopic (exact) mass is 311 g/mol. The largest absolute Gasteiger partial charge is 0.455 e. The Balaban J connectivity index is 2.45. The zero-order valence-corrected chi connectivity index (χ0v) is 11.7. The maximum atomic E-state index is 11.4. The van der Waals surface area contributed by atoms with Crippen LogP contribution in [-0.4, -0.2) is 5.91 Å². The molecule has 6 N–H and O–H groups in total. The number of ether oxygens (including phenoxy) is 1. The lowest BCUT2D eigenvalue weighted by molar-refractivity contribution is 0.0998. The van der Waals surface area contributed by atoms with Crippen LogP contribution in [0, 0.1) is 0 Å².